The van der Waals surface area contributed by atoms with Crippen LogP contribution in [0.4, 0.5) is 11.4 Å². The van der Waals surface area contributed by atoms with Crippen molar-refractivity contribution in [3.8, 4) is 0 Å². The minimum Gasteiger partial charge on any atom is -0.399 e. The minimum absolute atomic E-state index is 0.264. The number of ether oxygens (including phenoxy) is 1. The largest absolute Gasteiger partial charge is 0.399 e. The maximum atomic E-state index is 11.7. The molecule has 1 amide bonds. The minimum atomic E-state index is -0.404. The SMILES string of the molecule is NC(=O)c1ccc(N)cc1N1CCOC2CCCCC21. The average molecular weight is 275 g/mol. The molecule has 4 N–H and O–H groups in total. The molecule has 2 atom stereocenters. The summed E-state index contributed by atoms with van der Waals surface area (Å²) in [5.74, 6) is -0.404. The number of nitrogens with zero attached hydrogens (tertiary/aromatic N) is 1. The quantitative estimate of drug-likeness (QED) is 0.802. The van der Waals surface area contributed by atoms with Gasteiger partial charge in [0.05, 0.1) is 30.0 Å². The standard InChI is InChI=1S/C15H21N3O2/c16-10-5-6-11(15(17)19)13(9-10)18-7-8-20-14-4-2-1-3-12(14)18/h5-6,9,12,14H,1-4,7-8,16H2,(H2,17,19). The van der Waals surface area contributed by atoms with Gasteiger partial charge in [0, 0.05) is 12.2 Å². The summed E-state index contributed by atoms with van der Waals surface area (Å²) in [5, 5.41) is 0. The van der Waals surface area contributed by atoms with Crippen LogP contribution in [0.3, 0.4) is 0 Å². The molecule has 1 aromatic carbocycles. The second-order valence-electron chi connectivity index (χ2n) is 5.60. The van der Waals surface area contributed by atoms with Gasteiger partial charge in [0.25, 0.3) is 5.91 Å². The molecule has 1 aromatic rings. The molecule has 2 aliphatic rings. The third kappa shape index (κ3) is 2.33. The number of nitrogens with two attached hydrogens (primary N) is 2. The predicted octanol–water partition coefficient (Wildman–Crippen LogP) is 1.52. The van der Waals surface area contributed by atoms with Crippen molar-refractivity contribution in [2.24, 2.45) is 5.73 Å². The Morgan fingerprint density at radius 3 is 2.90 bits per heavy atom. The summed E-state index contributed by atoms with van der Waals surface area (Å²) >= 11 is 0. The van der Waals surface area contributed by atoms with Crippen LogP contribution in [0.5, 0.6) is 0 Å². The Morgan fingerprint density at radius 2 is 2.10 bits per heavy atom. The molecule has 0 aromatic heterocycles. The van der Waals surface area contributed by atoms with E-state index < -0.39 is 5.91 Å². The van der Waals surface area contributed by atoms with E-state index in [-0.39, 0.29) is 6.10 Å². The third-order valence-electron chi connectivity index (χ3n) is 4.33. The molecule has 0 radical (unpaired) electrons. The second-order valence-corrected chi connectivity index (χ2v) is 5.60. The molecule has 108 valence electrons. The van der Waals surface area contributed by atoms with Crippen LogP contribution in [0.25, 0.3) is 0 Å². The van der Waals surface area contributed by atoms with E-state index in [1.54, 1.807) is 12.1 Å². The van der Waals surface area contributed by atoms with Crippen LogP contribution in [-0.4, -0.2) is 31.2 Å². The average Bonchev–Trinajstić information content (AvgIpc) is 2.46. The summed E-state index contributed by atoms with van der Waals surface area (Å²) in [7, 11) is 0. The van der Waals surface area contributed by atoms with E-state index in [0.717, 1.165) is 25.1 Å². The molecule has 0 spiro atoms. The Labute approximate surface area is 118 Å². The van der Waals surface area contributed by atoms with Gasteiger partial charge in [0.15, 0.2) is 0 Å². The molecule has 1 saturated heterocycles. The summed E-state index contributed by atoms with van der Waals surface area (Å²) in [5.41, 5.74) is 13.5. The summed E-state index contributed by atoms with van der Waals surface area (Å²) in [6.45, 7) is 1.47. The first-order valence-electron chi connectivity index (χ1n) is 7.24. The van der Waals surface area contributed by atoms with E-state index in [2.05, 4.69) is 4.90 Å². The molecule has 3 rings (SSSR count). The number of fused-ring (bicyclic) bond motifs is 1. The monoisotopic (exact) mass is 275 g/mol. The number of carbonyl (C=O) groups is 1. The van der Waals surface area contributed by atoms with Gasteiger partial charge < -0.3 is 21.1 Å². The molecule has 2 unspecified atom stereocenters. The highest BCUT2D eigenvalue weighted by atomic mass is 16.5. The maximum absolute atomic E-state index is 11.7. The van der Waals surface area contributed by atoms with E-state index in [1.165, 1.54) is 12.8 Å². The fourth-order valence-electron chi connectivity index (χ4n) is 3.39. The lowest BCUT2D eigenvalue weighted by Gasteiger charge is -2.45. The lowest BCUT2D eigenvalue weighted by Crippen LogP contribution is -2.53. The molecular formula is C15H21N3O2. The molecule has 1 heterocycles. The zero-order valence-corrected chi connectivity index (χ0v) is 11.5. The number of hydrogen-bond donors (Lipinski definition) is 2. The van der Waals surface area contributed by atoms with Gasteiger partial charge in [-0.05, 0) is 31.0 Å². The summed E-state index contributed by atoms with van der Waals surface area (Å²) in [6.07, 6.45) is 4.87. The maximum Gasteiger partial charge on any atom is 0.250 e. The predicted molar refractivity (Wildman–Crippen MR) is 78.7 cm³/mol. The Morgan fingerprint density at radius 1 is 1.30 bits per heavy atom. The Balaban J connectivity index is 1.98. The number of benzene rings is 1. The van der Waals surface area contributed by atoms with Crippen LogP contribution in [0.2, 0.25) is 0 Å². The summed E-state index contributed by atoms with van der Waals surface area (Å²) in [6, 6.07) is 5.64. The zero-order valence-electron chi connectivity index (χ0n) is 11.5. The smallest absolute Gasteiger partial charge is 0.250 e. The molecule has 20 heavy (non-hydrogen) atoms. The number of carbonyl (C=O) groups excluding carboxylic acids is 1. The molecule has 1 saturated carbocycles. The van der Waals surface area contributed by atoms with Crippen molar-refractivity contribution in [1.29, 1.82) is 0 Å². The van der Waals surface area contributed by atoms with Crippen molar-refractivity contribution in [2.45, 2.75) is 37.8 Å². The Hall–Kier alpha value is -1.75. The van der Waals surface area contributed by atoms with E-state index in [1.807, 2.05) is 6.07 Å². The van der Waals surface area contributed by atoms with Crippen LogP contribution in [0.1, 0.15) is 36.0 Å². The first kappa shape index (κ1) is 13.2. The van der Waals surface area contributed by atoms with Gasteiger partial charge in [-0.25, -0.2) is 0 Å². The van der Waals surface area contributed by atoms with Gasteiger partial charge in [-0.1, -0.05) is 12.8 Å². The number of hydrogen-bond acceptors (Lipinski definition) is 4. The van der Waals surface area contributed by atoms with Gasteiger partial charge >= 0.3 is 0 Å². The first-order valence-corrected chi connectivity index (χ1v) is 7.24. The topological polar surface area (TPSA) is 81.6 Å². The van der Waals surface area contributed by atoms with Crippen LogP contribution in [-0.2, 0) is 4.74 Å². The molecule has 1 aliphatic heterocycles. The van der Waals surface area contributed by atoms with Crippen molar-refractivity contribution in [2.75, 3.05) is 23.8 Å². The van der Waals surface area contributed by atoms with Crippen LogP contribution >= 0.6 is 0 Å². The number of amides is 1. The third-order valence-corrected chi connectivity index (χ3v) is 4.33. The highest BCUT2D eigenvalue weighted by molar-refractivity contribution is 5.99. The second kappa shape index (κ2) is 5.32. The van der Waals surface area contributed by atoms with E-state index in [4.69, 9.17) is 16.2 Å². The fourth-order valence-corrected chi connectivity index (χ4v) is 3.39. The van der Waals surface area contributed by atoms with Crippen molar-refractivity contribution >= 4 is 17.3 Å². The number of primary amides is 1. The van der Waals surface area contributed by atoms with Gasteiger partial charge in [-0.3, -0.25) is 4.79 Å². The summed E-state index contributed by atoms with van der Waals surface area (Å²) in [4.78, 5) is 13.9. The van der Waals surface area contributed by atoms with E-state index in [0.29, 0.717) is 23.9 Å². The highest BCUT2D eigenvalue weighted by Crippen LogP contribution is 2.34. The van der Waals surface area contributed by atoms with Crippen LogP contribution in [0, 0.1) is 0 Å². The molecule has 1 aliphatic carbocycles. The van der Waals surface area contributed by atoms with Gasteiger partial charge in [0.2, 0.25) is 0 Å². The van der Waals surface area contributed by atoms with Gasteiger partial charge in [0.1, 0.15) is 0 Å². The van der Waals surface area contributed by atoms with Crippen molar-refractivity contribution in [3.05, 3.63) is 23.8 Å². The molecule has 0 bridgehead atoms. The number of nitrogen functional groups attached to an aromatic ring is 1. The highest BCUT2D eigenvalue weighted by Gasteiger charge is 2.35. The summed E-state index contributed by atoms with van der Waals surface area (Å²) < 4.78 is 5.88. The van der Waals surface area contributed by atoms with E-state index in [9.17, 15) is 4.79 Å². The first-order chi connectivity index (χ1) is 9.66. The van der Waals surface area contributed by atoms with E-state index >= 15 is 0 Å². The van der Waals surface area contributed by atoms with Gasteiger partial charge in [-0.2, -0.15) is 0 Å². The lowest BCUT2D eigenvalue weighted by atomic mass is 9.89. The molecular weight excluding hydrogens is 254 g/mol. The molecule has 5 heteroatoms. The van der Waals surface area contributed by atoms with Crippen molar-refractivity contribution < 1.29 is 9.53 Å². The number of rotatable bonds is 2. The Bertz CT molecular complexity index is 516. The van der Waals surface area contributed by atoms with Crippen molar-refractivity contribution in [1.82, 2.24) is 0 Å². The molecule has 5 nitrogen and oxygen atoms in total. The lowest BCUT2D eigenvalue weighted by molar-refractivity contribution is -0.00872. The van der Waals surface area contributed by atoms with Gasteiger partial charge in [-0.15, -0.1) is 0 Å². The molecule has 2 fully saturated rings. The Kier molecular flexibility index (Phi) is 3.53. The number of anilines is 2. The number of morpholine rings is 1. The normalized spacial score (nSPS) is 26.1. The van der Waals surface area contributed by atoms with Crippen molar-refractivity contribution in [3.63, 3.8) is 0 Å². The van der Waals surface area contributed by atoms with Crippen LogP contribution in [0.15, 0.2) is 18.2 Å². The van der Waals surface area contributed by atoms with Crippen LogP contribution < -0.4 is 16.4 Å². The fraction of sp³-hybridized carbons (Fsp3) is 0.533. The zero-order chi connectivity index (χ0) is 14.1.